The lowest BCUT2D eigenvalue weighted by molar-refractivity contribution is -0.129. The summed E-state index contributed by atoms with van der Waals surface area (Å²) in [6.45, 7) is 6.03. The second-order valence-electron chi connectivity index (χ2n) is 8.04. The highest BCUT2D eigenvalue weighted by molar-refractivity contribution is 7.99. The van der Waals surface area contributed by atoms with Gasteiger partial charge in [-0.2, -0.15) is 0 Å². The van der Waals surface area contributed by atoms with E-state index in [-0.39, 0.29) is 5.91 Å². The van der Waals surface area contributed by atoms with Gasteiger partial charge in [0.1, 0.15) is 10.7 Å². The van der Waals surface area contributed by atoms with Crippen LogP contribution in [0.25, 0.3) is 15.9 Å². The van der Waals surface area contributed by atoms with E-state index < -0.39 is 0 Å². The second kappa shape index (κ2) is 7.30. The summed E-state index contributed by atoms with van der Waals surface area (Å²) >= 11 is 3.30. The molecule has 1 aliphatic carbocycles. The lowest BCUT2D eigenvalue weighted by Gasteiger charge is -2.30. The average Bonchev–Trinajstić information content (AvgIpc) is 3.27. The van der Waals surface area contributed by atoms with E-state index >= 15 is 0 Å². The van der Waals surface area contributed by atoms with E-state index in [1.807, 2.05) is 27.6 Å². The predicted octanol–water partition coefficient (Wildman–Crippen LogP) is 3.88. The van der Waals surface area contributed by atoms with Crippen molar-refractivity contribution in [3.63, 3.8) is 0 Å². The number of aromatic nitrogens is 4. The van der Waals surface area contributed by atoms with Crippen molar-refractivity contribution in [2.75, 3.05) is 18.8 Å². The van der Waals surface area contributed by atoms with E-state index in [9.17, 15) is 4.79 Å². The topological polar surface area (TPSA) is 63.4 Å². The highest BCUT2D eigenvalue weighted by atomic mass is 32.2. The smallest absolute Gasteiger partial charge is 0.233 e. The molecule has 3 aromatic heterocycles. The van der Waals surface area contributed by atoms with E-state index in [1.165, 1.54) is 40.4 Å². The Morgan fingerprint density at radius 3 is 2.82 bits per heavy atom. The zero-order valence-corrected chi connectivity index (χ0v) is 18.0. The Morgan fingerprint density at radius 2 is 2.00 bits per heavy atom. The van der Waals surface area contributed by atoms with Crippen LogP contribution in [0, 0.1) is 12.8 Å². The number of thiophene rings is 1. The monoisotopic (exact) mass is 415 g/mol. The van der Waals surface area contributed by atoms with Crippen LogP contribution in [0.5, 0.6) is 0 Å². The number of nitrogens with zero attached hydrogens (tertiary/aromatic N) is 5. The first-order valence-corrected chi connectivity index (χ1v) is 12.0. The molecule has 148 valence electrons. The maximum absolute atomic E-state index is 12.6. The van der Waals surface area contributed by atoms with Gasteiger partial charge in [-0.25, -0.2) is 4.98 Å². The minimum Gasteiger partial charge on any atom is -0.342 e. The van der Waals surface area contributed by atoms with Gasteiger partial charge in [0.05, 0.1) is 11.1 Å². The summed E-state index contributed by atoms with van der Waals surface area (Å²) in [5, 5.41) is 10.9. The third-order valence-electron chi connectivity index (χ3n) is 6.06. The van der Waals surface area contributed by atoms with Crippen molar-refractivity contribution in [3.05, 3.63) is 16.3 Å². The number of carbonyl (C=O) groups is 1. The Morgan fingerprint density at radius 1 is 1.21 bits per heavy atom. The number of rotatable bonds is 3. The summed E-state index contributed by atoms with van der Waals surface area (Å²) in [5.74, 6) is 2.24. The molecule has 4 heterocycles. The average molecular weight is 416 g/mol. The van der Waals surface area contributed by atoms with Crippen LogP contribution in [-0.4, -0.2) is 49.2 Å². The molecule has 0 bridgehead atoms. The van der Waals surface area contributed by atoms with Gasteiger partial charge in [0.25, 0.3) is 0 Å². The highest BCUT2D eigenvalue weighted by Gasteiger charge is 2.24. The third kappa shape index (κ3) is 3.10. The molecular weight excluding hydrogens is 390 g/mol. The molecule has 8 heteroatoms. The van der Waals surface area contributed by atoms with Crippen LogP contribution in [0.3, 0.4) is 0 Å². The zero-order chi connectivity index (χ0) is 19.3. The second-order valence-corrected chi connectivity index (χ2v) is 10.1. The summed E-state index contributed by atoms with van der Waals surface area (Å²) in [5.41, 5.74) is 2.33. The molecule has 3 aromatic rings. The molecule has 1 saturated heterocycles. The molecule has 0 saturated carbocycles. The van der Waals surface area contributed by atoms with Crippen molar-refractivity contribution < 1.29 is 4.79 Å². The van der Waals surface area contributed by atoms with Crippen LogP contribution in [0.4, 0.5) is 0 Å². The quantitative estimate of drug-likeness (QED) is 0.608. The fourth-order valence-electron chi connectivity index (χ4n) is 4.35. The van der Waals surface area contributed by atoms with Gasteiger partial charge in [0.15, 0.2) is 10.8 Å². The Labute approximate surface area is 172 Å². The van der Waals surface area contributed by atoms with Gasteiger partial charge in [-0.1, -0.05) is 18.7 Å². The SMILES string of the molecule is Cc1nc2sc3c(c2c2nnc(SCC(=O)N4CCC(C)CC4)n12)CCCC3. The number of carbonyl (C=O) groups excluding carboxylic acids is 1. The van der Waals surface area contributed by atoms with Gasteiger partial charge < -0.3 is 4.90 Å². The summed E-state index contributed by atoms with van der Waals surface area (Å²) in [7, 11) is 0. The summed E-state index contributed by atoms with van der Waals surface area (Å²) < 4.78 is 2.04. The number of hydrogen-bond acceptors (Lipinski definition) is 6. The fourth-order valence-corrected chi connectivity index (χ4v) is 6.53. The number of amides is 1. The molecule has 5 rings (SSSR count). The van der Waals surface area contributed by atoms with Gasteiger partial charge in [0, 0.05) is 18.0 Å². The summed E-state index contributed by atoms with van der Waals surface area (Å²) in [6.07, 6.45) is 6.97. The summed E-state index contributed by atoms with van der Waals surface area (Å²) in [4.78, 5) is 22.0. The van der Waals surface area contributed by atoms with Crippen molar-refractivity contribution in [1.82, 2.24) is 24.5 Å². The Kier molecular flexibility index (Phi) is 4.79. The van der Waals surface area contributed by atoms with Crippen molar-refractivity contribution in [2.24, 2.45) is 5.92 Å². The molecular formula is C20H25N5OS2. The Hall–Kier alpha value is -1.67. The highest BCUT2D eigenvalue weighted by Crippen LogP contribution is 2.38. The van der Waals surface area contributed by atoms with Gasteiger partial charge in [-0.3, -0.25) is 9.20 Å². The maximum Gasteiger partial charge on any atom is 0.233 e. The molecule has 1 amide bonds. The molecule has 1 fully saturated rings. The first-order chi connectivity index (χ1) is 13.6. The predicted molar refractivity (Wildman–Crippen MR) is 113 cm³/mol. The minimum atomic E-state index is 0.202. The van der Waals surface area contributed by atoms with Crippen LogP contribution < -0.4 is 0 Å². The lowest BCUT2D eigenvalue weighted by Crippen LogP contribution is -2.38. The Balaban J connectivity index is 1.43. The van der Waals surface area contributed by atoms with Crippen LogP contribution in [0.1, 0.15) is 48.9 Å². The number of thioether (sulfide) groups is 1. The number of hydrogen-bond donors (Lipinski definition) is 0. The molecule has 0 atom stereocenters. The first kappa shape index (κ1) is 18.4. The van der Waals surface area contributed by atoms with E-state index in [1.54, 1.807) is 0 Å². The molecule has 0 aromatic carbocycles. The van der Waals surface area contributed by atoms with Crippen LogP contribution in [0.15, 0.2) is 5.16 Å². The van der Waals surface area contributed by atoms with Crippen molar-refractivity contribution in [1.29, 1.82) is 0 Å². The van der Waals surface area contributed by atoms with Crippen LogP contribution in [0.2, 0.25) is 0 Å². The molecule has 1 aliphatic heterocycles. The summed E-state index contributed by atoms with van der Waals surface area (Å²) in [6, 6.07) is 0. The molecule has 28 heavy (non-hydrogen) atoms. The van der Waals surface area contributed by atoms with Crippen molar-refractivity contribution in [3.8, 4) is 0 Å². The van der Waals surface area contributed by atoms with Crippen LogP contribution in [-0.2, 0) is 17.6 Å². The van der Waals surface area contributed by atoms with Gasteiger partial charge >= 0.3 is 0 Å². The normalized spacial score (nSPS) is 18.1. The molecule has 0 spiro atoms. The first-order valence-electron chi connectivity index (χ1n) is 10.2. The maximum atomic E-state index is 12.6. The minimum absolute atomic E-state index is 0.202. The molecule has 0 radical (unpaired) electrons. The van der Waals surface area contributed by atoms with E-state index in [0.29, 0.717) is 5.75 Å². The van der Waals surface area contributed by atoms with Crippen molar-refractivity contribution in [2.45, 2.75) is 57.5 Å². The number of likely N-dealkylation sites (tertiary alicyclic amines) is 1. The van der Waals surface area contributed by atoms with E-state index in [0.717, 1.165) is 66.1 Å². The van der Waals surface area contributed by atoms with Gasteiger partial charge in [-0.05, 0) is 56.9 Å². The standard InChI is InChI=1S/C20H25N5OS2/c1-12-7-9-24(10-8-12)16(26)11-27-20-23-22-18-17-14-5-3-4-6-15(14)28-19(17)21-13(2)25(18)20/h12H,3-11H2,1-2H3. The fraction of sp³-hybridized carbons (Fsp3) is 0.600. The van der Waals surface area contributed by atoms with Gasteiger partial charge in [-0.15, -0.1) is 21.5 Å². The molecule has 0 N–H and O–H groups in total. The van der Waals surface area contributed by atoms with Crippen LogP contribution >= 0.6 is 23.1 Å². The number of piperidine rings is 1. The lowest BCUT2D eigenvalue weighted by atomic mass is 9.97. The third-order valence-corrected chi connectivity index (χ3v) is 8.16. The Bertz CT molecular complexity index is 1050. The van der Waals surface area contributed by atoms with E-state index in [2.05, 4.69) is 17.1 Å². The van der Waals surface area contributed by atoms with Gasteiger partial charge in [0.2, 0.25) is 5.91 Å². The molecule has 2 aliphatic rings. The van der Waals surface area contributed by atoms with Crippen molar-refractivity contribution >= 4 is 44.9 Å². The molecule has 6 nitrogen and oxygen atoms in total. The number of fused-ring (bicyclic) bond motifs is 5. The zero-order valence-electron chi connectivity index (χ0n) is 16.4. The van der Waals surface area contributed by atoms with E-state index in [4.69, 9.17) is 4.98 Å². The largest absolute Gasteiger partial charge is 0.342 e. The number of aryl methyl sites for hydroxylation is 3. The molecule has 0 unspecified atom stereocenters.